The molecule has 0 radical (unpaired) electrons. The van der Waals surface area contributed by atoms with Crippen LogP contribution in [-0.2, 0) is 6.42 Å². The lowest BCUT2D eigenvalue weighted by molar-refractivity contribution is 0.308. The molecule has 1 aliphatic carbocycles. The average Bonchev–Trinajstić information content (AvgIpc) is 2.72. The van der Waals surface area contributed by atoms with Gasteiger partial charge in [0.15, 0.2) is 0 Å². The summed E-state index contributed by atoms with van der Waals surface area (Å²) in [5.41, 5.74) is 4.09. The molecule has 2 rings (SSSR count). The molecular weight excluding hydrogens is 222 g/mol. The molecule has 1 aliphatic rings. The molecule has 0 fully saturated rings. The number of unbranched alkanes of at least 4 members (excludes halogenated alkanes) is 1. The van der Waals surface area contributed by atoms with Crippen LogP contribution >= 0.6 is 0 Å². The number of aromatic nitrogens is 1. The Morgan fingerprint density at radius 2 is 2.11 bits per heavy atom. The summed E-state index contributed by atoms with van der Waals surface area (Å²) >= 11 is 0. The van der Waals surface area contributed by atoms with Crippen LogP contribution in [0.25, 0.3) is 6.08 Å². The standard InChI is InChI=1S/C16H23NO/c1-5-6-7-18-14-9-12-8-13(16(2,3)4)10-15(12)17-11-14/h8-9,11H,5-7,10H2,1-4H3. The van der Waals surface area contributed by atoms with Gasteiger partial charge >= 0.3 is 0 Å². The van der Waals surface area contributed by atoms with Gasteiger partial charge in [0, 0.05) is 6.42 Å². The highest BCUT2D eigenvalue weighted by Crippen LogP contribution is 2.36. The molecule has 0 saturated heterocycles. The lowest BCUT2D eigenvalue weighted by Gasteiger charge is -2.19. The molecule has 0 atom stereocenters. The van der Waals surface area contributed by atoms with Crippen LogP contribution in [-0.4, -0.2) is 11.6 Å². The third-order valence-corrected chi connectivity index (χ3v) is 3.40. The summed E-state index contributed by atoms with van der Waals surface area (Å²) in [5.74, 6) is 0.897. The molecule has 98 valence electrons. The zero-order valence-electron chi connectivity index (χ0n) is 11.9. The van der Waals surface area contributed by atoms with Gasteiger partial charge < -0.3 is 4.74 Å². The molecule has 2 heteroatoms. The molecule has 2 nitrogen and oxygen atoms in total. The molecule has 1 aromatic rings. The Labute approximate surface area is 110 Å². The second-order valence-electron chi connectivity index (χ2n) is 6.01. The smallest absolute Gasteiger partial charge is 0.138 e. The van der Waals surface area contributed by atoms with Crippen LogP contribution in [0.2, 0.25) is 0 Å². The molecule has 0 saturated carbocycles. The van der Waals surface area contributed by atoms with Crippen molar-refractivity contribution >= 4 is 6.08 Å². The van der Waals surface area contributed by atoms with E-state index in [1.165, 1.54) is 16.8 Å². The summed E-state index contributed by atoms with van der Waals surface area (Å²) in [5, 5.41) is 0. The quantitative estimate of drug-likeness (QED) is 0.740. The first kappa shape index (κ1) is 13.1. The maximum absolute atomic E-state index is 5.70. The number of allylic oxidation sites excluding steroid dienone is 1. The molecule has 0 N–H and O–H groups in total. The lowest BCUT2D eigenvalue weighted by atomic mass is 9.86. The Morgan fingerprint density at radius 1 is 1.33 bits per heavy atom. The molecule has 0 aromatic carbocycles. The van der Waals surface area contributed by atoms with Crippen LogP contribution in [0.4, 0.5) is 0 Å². The first-order chi connectivity index (χ1) is 8.50. The fourth-order valence-corrected chi connectivity index (χ4v) is 2.08. The van der Waals surface area contributed by atoms with Gasteiger partial charge in [-0.2, -0.15) is 0 Å². The summed E-state index contributed by atoms with van der Waals surface area (Å²) < 4.78 is 5.70. The normalized spacial score (nSPS) is 14.3. The van der Waals surface area contributed by atoms with E-state index in [-0.39, 0.29) is 5.41 Å². The topological polar surface area (TPSA) is 22.1 Å². The number of ether oxygens (including phenoxy) is 1. The van der Waals surface area contributed by atoms with Crippen molar-refractivity contribution in [3.8, 4) is 5.75 Å². The van der Waals surface area contributed by atoms with E-state index in [1.807, 2.05) is 6.20 Å². The first-order valence-corrected chi connectivity index (χ1v) is 6.83. The molecule has 1 heterocycles. The highest BCUT2D eigenvalue weighted by Gasteiger charge is 2.23. The van der Waals surface area contributed by atoms with Gasteiger partial charge in [-0.3, -0.25) is 4.98 Å². The predicted octanol–water partition coefficient (Wildman–Crippen LogP) is 4.25. The molecule has 0 bridgehead atoms. The van der Waals surface area contributed by atoms with Crippen LogP contribution in [0.3, 0.4) is 0 Å². The Kier molecular flexibility index (Phi) is 3.74. The van der Waals surface area contributed by atoms with Crippen LogP contribution in [0, 0.1) is 5.41 Å². The van der Waals surface area contributed by atoms with E-state index in [2.05, 4.69) is 44.8 Å². The van der Waals surface area contributed by atoms with Crippen molar-refractivity contribution in [2.24, 2.45) is 5.41 Å². The third-order valence-electron chi connectivity index (χ3n) is 3.40. The second kappa shape index (κ2) is 5.13. The van der Waals surface area contributed by atoms with Crippen molar-refractivity contribution in [3.63, 3.8) is 0 Å². The minimum Gasteiger partial charge on any atom is -0.492 e. The minimum absolute atomic E-state index is 0.226. The van der Waals surface area contributed by atoms with Crippen molar-refractivity contribution in [3.05, 3.63) is 29.1 Å². The zero-order valence-corrected chi connectivity index (χ0v) is 11.9. The SMILES string of the molecule is CCCCOc1cnc2c(c1)C=C(C(C)(C)C)C2. The second-order valence-corrected chi connectivity index (χ2v) is 6.01. The zero-order chi connectivity index (χ0) is 13.2. The summed E-state index contributed by atoms with van der Waals surface area (Å²) in [6, 6.07) is 2.12. The summed E-state index contributed by atoms with van der Waals surface area (Å²) in [6.45, 7) is 9.71. The fourth-order valence-electron chi connectivity index (χ4n) is 2.08. The van der Waals surface area contributed by atoms with Crippen molar-refractivity contribution in [1.82, 2.24) is 4.98 Å². The van der Waals surface area contributed by atoms with Gasteiger partial charge in [-0.15, -0.1) is 0 Å². The third kappa shape index (κ3) is 2.92. The van der Waals surface area contributed by atoms with Gasteiger partial charge in [-0.05, 0) is 23.5 Å². The Bertz CT molecular complexity index is 455. The molecule has 0 spiro atoms. The van der Waals surface area contributed by atoms with Gasteiger partial charge in [-0.25, -0.2) is 0 Å². The minimum atomic E-state index is 0.226. The molecule has 0 amide bonds. The Hall–Kier alpha value is -1.31. The highest BCUT2D eigenvalue weighted by molar-refractivity contribution is 5.64. The molecule has 0 unspecified atom stereocenters. The van der Waals surface area contributed by atoms with Crippen LogP contribution in [0.5, 0.6) is 5.75 Å². The number of nitrogens with zero attached hydrogens (tertiary/aromatic N) is 1. The monoisotopic (exact) mass is 245 g/mol. The van der Waals surface area contributed by atoms with Crippen molar-refractivity contribution in [1.29, 1.82) is 0 Å². The summed E-state index contributed by atoms with van der Waals surface area (Å²) in [7, 11) is 0. The van der Waals surface area contributed by atoms with E-state index in [1.54, 1.807) is 0 Å². The largest absolute Gasteiger partial charge is 0.492 e. The number of fused-ring (bicyclic) bond motifs is 1. The van der Waals surface area contributed by atoms with Gasteiger partial charge in [0.25, 0.3) is 0 Å². The molecule has 1 aromatic heterocycles. The van der Waals surface area contributed by atoms with Crippen molar-refractivity contribution in [2.45, 2.75) is 47.0 Å². The molecular formula is C16H23NO. The fraction of sp³-hybridized carbons (Fsp3) is 0.562. The summed E-state index contributed by atoms with van der Waals surface area (Å²) in [4.78, 5) is 4.52. The van der Waals surface area contributed by atoms with E-state index in [0.717, 1.165) is 31.6 Å². The number of hydrogen-bond donors (Lipinski definition) is 0. The highest BCUT2D eigenvalue weighted by atomic mass is 16.5. The molecule has 18 heavy (non-hydrogen) atoms. The van der Waals surface area contributed by atoms with Crippen molar-refractivity contribution in [2.75, 3.05) is 6.61 Å². The van der Waals surface area contributed by atoms with E-state index < -0.39 is 0 Å². The number of rotatable bonds is 4. The van der Waals surface area contributed by atoms with Gasteiger partial charge in [0.05, 0.1) is 18.5 Å². The summed E-state index contributed by atoms with van der Waals surface area (Å²) in [6.07, 6.45) is 7.36. The lowest BCUT2D eigenvalue weighted by Crippen LogP contribution is -2.09. The van der Waals surface area contributed by atoms with E-state index in [0.29, 0.717) is 0 Å². The van der Waals surface area contributed by atoms with E-state index in [4.69, 9.17) is 4.74 Å². The van der Waals surface area contributed by atoms with E-state index in [9.17, 15) is 0 Å². The predicted molar refractivity (Wildman–Crippen MR) is 75.8 cm³/mol. The van der Waals surface area contributed by atoms with Crippen LogP contribution in [0.1, 0.15) is 51.8 Å². The maximum Gasteiger partial charge on any atom is 0.138 e. The van der Waals surface area contributed by atoms with E-state index >= 15 is 0 Å². The average molecular weight is 245 g/mol. The first-order valence-electron chi connectivity index (χ1n) is 6.83. The van der Waals surface area contributed by atoms with Crippen LogP contribution < -0.4 is 4.74 Å². The van der Waals surface area contributed by atoms with Crippen LogP contribution in [0.15, 0.2) is 17.8 Å². The van der Waals surface area contributed by atoms with Crippen molar-refractivity contribution < 1.29 is 4.74 Å². The van der Waals surface area contributed by atoms with Gasteiger partial charge in [0.2, 0.25) is 0 Å². The van der Waals surface area contributed by atoms with Gasteiger partial charge in [-0.1, -0.05) is 45.8 Å². The Morgan fingerprint density at radius 3 is 2.78 bits per heavy atom. The maximum atomic E-state index is 5.70. The number of hydrogen-bond acceptors (Lipinski definition) is 2. The molecule has 0 aliphatic heterocycles. The number of pyridine rings is 1. The Balaban J connectivity index is 2.11. The van der Waals surface area contributed by atoms with Gasteiger partial charge in [0.1, 0.15) is 5.75 Å².